The highest BCUT2D eigenvalue weighted by Crippen LogP contribution is 2.30. The maximum atomic E-state index is 12.9. The standard InChI is InChI=1S/C24H23BrN4O2S/c1-31-23-5-3-2-4-21(23)29-12-10-28(11-13-29)15-22(30)19(14-26)24-27-20(16-32-24)17-6-8-18(25)9-7-17/h2-9,16,19H,10-13,15H2,1H3/t19-/m0/s1. The first-order valence-electron chi connectivity index (χ1n) is 10.3. The van der Waals surface area contributed by atoms with E-state index in [4.69, 9.17) is 4.74 Å². The topological polar surface area (TPSA) is 69.5 Å². The Hall–Kier alpha value is -2.73. The number of Topliss-reactive ketones (excluding diaryl/α,β-unsaturated/α-hetero) is 1. The van der Waals surface area contributed by atoms with Crippen molar-refractivity contribution in [1.29, 1.82) is 5.26 Å². The molecule has 0 amide bonds. The number of ketones is 1. The number of halogens is 1. The Balaban J connectivity index is 1.37. The van der Waals surface area contributed by atoms with Crippen LogP contribution in [0.4, 0.5) is 5.69 Å². The first-order chi connectivity index (χ1) is 15.6. The third-order valence-electron chi connectivity index (χ3n) is 5.54. The van der Waals surface area contributed by atoms with Gasteiger partial charge in [-0.2, -0.15) is 5.26 Å². The number of nitriles is 1. The van der Waals surface area contributed by atoms with Crippen LogP contribution in [0.3, 0.4) is 0 Å². The van der Waals surface area contributed by atoms with Crippen molar-refractivity contribution in [2.75, 3.05) is 44.7 Å². The summed E-state index contributed by atoms with van der Waals surface area (Å²) in [6.45, 7) is 3.37. The molecule has 6 nitrogen and oxygen atoms in total. The minimum atomic E-state index is -0.837. The molecule has 1 aliphatic rings. The van der Waals surface area contributed by atoms with Crippen molar-refractivity contribution < 1.29 is 9.53 Å². The lowest BCUT2D eigenvalue weighted by atomic mass is 10.1. The summed E-state index contributed by atoms with van der Waals surface area (Å²) in [5, 5.41) is 12.2. The van der Waals surface area contributed by atoms with E-state index >= 15 is 0 Å². The number of nitrogens with zero attached hydrogens (tertiary/aromatic N) is 4. The van der Waals surface area contributed by atoms with Crippen molar-refractivity contribution in [1.82, 2.24) is 9.88 Å². The number of hydrogen-bond acceptors (Lipinski definition) is 7. The molecule has 164 valence electrons. The second kappa shape index (κ2) is 10.3. The summed E-state index contributed by atoms with van der Waals surface area (Å²) in [6, 6.07) is 18.0. The number of anilines is 1. The van der Waals surface area contributed by atoms with Gasteiger partial charge in [0.15, 0.2) is 11.7 Å². The van der Waals surface area contributed by atoms with Crippen molar-refractivity contribution >= 4 is 38.7 Å². The van der Waals surface area contributed by atoms with E-state index in [2.05, 4.69) is 42.8 Å². The lowest BCUT2D eigenvalue weighted by Crippen LogP contribution is -2.48. The first kappa shape index (κ1) is 22.5. The van der Waals surface area contributed by atoms with E-state index in [9.17, 15) is 10.1 Å². The Morgan fingerprint density at radius 3 is 2.59 bits per heavy atom. The molecule has 1 atom stereocenters. The van der Waals surface area contributed by atoms with Gasteiger partial charge in [-0.05, 0) is 24.3 Å². The van der Waals surface area contributed by atoms with Gasteiger partial charge in [0.1, 0.15) is 10.8 Å². The molecule has 32 heavy (non-hydrogen) atoms. The van der Waals surface area contributed by atoms with Crippen LogP contribution in [0.25, 0.3) is 11.3 Å². The molecule has 0 spiro atoms. The van der Waals surface area contributed by atoms with Crippen LogP contribution in [0.5, 0.6) is 5.75 Å². The van der Waals surface area contributed by atoms with Crippen molar-refractivity contribution in [2.24, 2.45) is 0 Å². The summed E-state index contributed by atoms with van der Waals surface area (Å²) in [5.41, 5.74) is 2.82. The molecule has 3 aromatic rings. The number of piperazine rings is 1. The second-order valence-corrected chi connectivity index (χ2v) is 9.35. The zero-order valence-electron chi connectivity index (χ0n) is 17.7. The van der Waals surface area contributed by atoms with Gasteiger partial charge in [-0.25, -0.2) is 4.98 Å². The van der Waals surface area contributed by atoms with Crippen LogP contribution in [0.15, 0.2) is 58.4 Å². The fraction of sp³-hybridized carbons (Fsp3) is 0.292. The summed E-state index contributed by atoms with van der Waals surface area (Å²) >= 11 is 4.80. The van der Waals surface area contributed by atoms with Crippen LogP contribution in [0.2, 0.25) is 0 Å². The minimum Gasteiger partial charge on any atom is -0.495 e. The molecule has 0 saturated carbocycles. The van der Waals surface area contributed by atoms with Gasteiger partial charge < -0.3 is 9.64 Å². The number of para-hydroxylation sites is 2. The Labute approximate surface area is 200 Å². The molecular formula is C24H23BrN4O2S. The zero-order chi connectivity index (χ0) is 22.5. The molecular weight excluding hydrogens is 488 g/mol. The predicted molar refractivity (Wildman–Crippen MR) is 130 cm³/mol. The highest BCUT2D eigenvalue weighted by atomic mass is 79.9. The number of benzene rings is 2. The van der Waals surface area contributed by atoms with Crippen LogP contribution in [0, 0.1) is 11.3 Å². The van der Waals surface area contributed by atoms with Gasteiger partial charge in [0, 0.05) is 41.6 Å². The number of hydrogen-bond donors (Lipinski definition) is 0. The van der Waals surface area contributed by atoms with Gasteiger partial charge in [-0.1, -0.05) is 40.2 Å². The van der Waals surface area contributed by atoms with E-state index < -0.39 is 5.92 Å². The average molecular weight is 511 g/mol. The number of ether oxygens (including phenoxy) is 1. The Kier molecular flexibility index (Phi) is 7.20. The Bertz CT molecular complexity index is 1120. The van der Waals surface area contributed by atoms with Crippen LogP contribution < -0.4 is 9.64 Å². The zero-order valence-corrected chi connectivity index (χ0v) is 20.1. The number of rotatable bonds is 7. The van der Waals surface area contributed by atoms with Gasteiger partial charge in [0.05, 0.1) is 31.1 Å². The normalized spacial score (nSPS) is 15.2. The van der Waals surface area contributed by atoms with Crippen LogP contribution in [0.1, 0.15) is 10.9 Å². The third-order valence-corrected chi connectivity index (χ3v) is 6.98. The largest absolute Gasteiger partial charge is 0.495 e. The van der Waals surface area contributed by atoms with Crippen molar-refractivity contribution in [3.63, 3.8) is 0 Å². The summed E-state index contributed by atoms with van der Waals surface area (Å²) in [4.78, 5) is 21.9. The van der Waals surface area contributed by atoms with Crippen molar-refractivity contribution in [3.05, 3.63) is 63.4 Å². The molecule has 1 aliphatic heterocycles. The van der Waals surface area contributed by atoms with E-state index in [-0.39, 0.29) is 12.3 Å². The first-order valence-corrected chi connectivity index (χ1v) is 12.0. The molecule has 1 saturated heterocycles. The van der Waals surface area contributed by atoms with Gasteiger partial charge >= 0.3 is 0 Å². The molecule has 4 rings (SSSR count). The summed E-state index contributed by atoms with van der Waals surface area (Å²) in [7, 11) is 1.68. The van der Waals surface area contributed by atoms with E-state index in [0.717, 1.165) is 53.3 Å². The van der Waals surface area contributed by atoms with Crippen LogP contribution >= 0.6 is 27.3 Å². The quantitative estimate of drug-likeness (QED) is 0.463. The molecule has 0 N–H and O–H groups in total. The highest BCUT2D eigenvalue weighted by Gasteiger charge is 2.27. The monoisotopic (exact) mass is 510 g/mol. The highest BCUT2D eigenvalue weighted by molar-refractivity contribution is 9.10. The van der Waals surface area contributed by atoms with Gasteiger partial charge in [0.2, 0.25) is 0 Å². The van der Waals surface area contributed by atoms with Gasteiger partial charge in [-0.15, -0.1) is 11.3 Å². The van der Waals surface area contributed by atoms with Crippen LogP contribution in [-0.4, -0.2) is 55.5 Å². The molecule has 0 unspecified atom stereocenters. The summed E-state index contributed by atoms with van der Waals surface area (Å²) in [5.74, 6) is -0.0849. The molecule has 2 heterocycles. The minimum absolute atomic E-state index is 0.102. The smallest absolute Gasteiger partial charge is 0.170 e. The van der Waals surface area contributed by atoms with Gasteiger partial charge in [-0.3, -0.25) is 9.69 Å². The van der Waals surface area contributed by atoms with E-state index in [0.29, 0.717) is 5.01 Å². The third kappa shape index (κ3) is 5.01. The fourth-order valence-electron chi connectivity index (χ4n) is 3.79. The number of aromatic nitrogens is 1. The number of carbonyl (C=O) groups excluding carboxylic acids is 1. The Morgan fingerprint density at radius 2 is 1.91 bits per heavy atom. The van der Waals surface area contributed by atoms with E-state index in [1.165, 1.54) is 11.3 Å². The molecule has 1 fully saturated rings. The SMILES string of the molecule is COc1ccccc1N1CCN(CC(=O)[C@H](C#N)c2nc(-c3ccc(Br)cc3)cs2)CC1. The van der Waals surface area contributed by atoms with Gasteiger partial charge in [0.25, 0.3) is 0 Å². The maximum Gasteiger partial charge on any atom is 0.170 e. The summed E-state index contributed by atoms with van der Waals surface area (Å²) in [6.07, 6.45) is 0. The second-order valence-electron chi connectivity index (χ2n) is 7.54. The van der Waals surface area contributed by atoms with E-state index in [1.54, 1.807) is 7.11 Å². The lowest BCUT2D eigenvalue weighted by molar-refractivity contribution is -0.120. The summed E-state index contributed by atoms with van der Waals surface area (Å²) < 4.78 is 6.46. The van der Waals surface area contributed by atoms with Crippen LogP contribution in [-0.2, 0) is 4.79 Å². The fourth-order valence-corrected chi connectivity index (χ4v) is 4.94. The lowest BCUT2D eigenvalue weighted by Gasteiger charge is -2.36. The number of methoxy groups -OCH3 is 1. The van der Waals surface area contributed by atoms with Crippen molar-refractivity contribution in [3.8, 4) is 23.1 Å². The number of carbonyl (C=O) groups is 1. The molecule has 0 radical (unpaired) electrons. The molecule has 1 aromatic heterocycles. The molecule has 0 aliphatic carbocycles. The maximum absolute atomic E-state index is 12.9. The van der Waals surface area contributed by atoms with E-state index in [1.807, 2.05) is 47.8 Å². The predicted octanol–water partition coefficient (Wildman–Crippen LogP) is 4.58. The average Bonchev–Trinajstić information content (AvgIpc) is 3.30. The van der Waals surface area contributed by atoms with Crippen molar-refractivity contribution in [2.45, 2.75) is 5.92 Å². The molecule has 2 aromatic carbocycles. The number of thiazole rings is 1. The molecule has 8 heteroatoms. The molecule has 0 bridgehead atoms. The Morgan fingerprint density at radius 1 is 1.19 bits per heavy atom.